The summed E-state index contributed by atoms with van der Waals surface area (Å²) < 4.78 is 5.88. The summed E-state index contributed by atoms with van der Waals surface area (Å²) in [6.45, 7) is 1.64. The molecule has 5 aliphatic rings. The standard InChI is InChI=1S/C30H27NO8/c1-14-9-22(33)27-21(28(14)36)12-20-18(25(27)16-10-15-11-17(32)4-7-23(15)39-13-16)5-6-19-26(20)30(38)31(29(19)37)8-2-3-24(34)35/h4-5,7,9,11,13,19-20,25-26,32H,2-3,6,8,10,12H2,1H3,(H,34,35)/t19-,20+,25-,26-/m0/s1. The first-order valence-electron chi connectivity index (χ1n) is 13.1. The number of carboxylic acids is 1. The highest BCUT2D eigenvalue weighted by Gasteiger charge is 2.56. The van der Waals surface area contributed by atoms with Gasteiger partial charge in [0.2, 0.25) is 11.8 Å². The number of likely N-dealkylation sites (tertiary alicyclic amines) is 1. The molecule has 0 spiro atoms. The van der Waals surface area contributed by atoms with E-state index in [9.17, 15) is 29.1 Å². The molecule has 2 N–H and O–H groups in total. The van der Waals surface area contributed by atoms with Crippen molar-refractivity contribution in [2.75, 3.05) is 6.54 Å². The molecule has 200 valence electrons. The minimum atomic E-state index is -0.994. The number of fused-ring (bicyclic) bond motifs is 4. The lowest BCUT2D eigenvalue weighted by Gasteiger charge is -2.43. The molecule has 3 aliphatic carbocycles. The second-order valence-electron chi connectivity index (χ2n) is 10.8. The van der Waals surface area contributed by atoms with Gasteiger partial charge in [0, 0.05) is 47.6 Å². The molecule has 0 unspecified atom stereocenters. The second-order valence-corrected chi connectivity index (χ2v) is 10.8. The number of imide groups is 1. The fraction of sp³-hybridized carbons (Fsp3) is 0.367. The first kappa shape index (κ1) is 25.0. The van der Waals surface area contributed by atoms with Gasteiger partial charge in [-0.25, -0.2) is 0 Å². The molecule has 9 nitrogen and oxygen atoms in total. The summed E-state index contributed by atoms with van der Waals surface area (Å²) in [4.78, 5) is 65.8. The van der Waals surface area contributed by atoms with E-state index in [4.69, 9.17) is 9.84 Å². The summed E-state index contributed by atoms with van der Waals surface area (Å²) >= 11 is 0. The number of nitrogens with zero attached hydrogens (tertiary/aromatic N) is 1. The number of rotatable bonds is 5. The van der Waals surface area contributed by atoms with E-state index < -0.39 is 29.6 Å². The zero-order chi connectivity index (χ0) is 27.6. The number of aromatic hydroxyl groups is 1. The van der Waals surface area contributed by atoms with Crippen LogP contribution in [0.15, 0.2) is 64.5 Å². The molecule has 1 fully saturated rings. The van der Waals surface area contributed by atoms with E-state index >= 15 is 0 Å². The number of aliphatic carboxylic acids is 1. The Hall–Kier alpha value is -4.27. The minimum Gasteiger partial charge on any atom is -0.508 e. The lowest BCUT2D eigenvalue weighted by molar-refractivity contribution is -0.142. The Labute approximate surface area is 224 Å². The van der Waals surface area contributed by atoms with Crippen LogP contribution in [0.4, 0.5) is 0 Å². The highest BCUT2D eigenvalue weighted by molar-refractivity contribution is 6.23. The number of phenolic OH excluding ortho intramolecular Hbond substituents is 1. The molecule has 1 aromatic carbocycles. The van der Waals surface area contributed by atoms with Crippen molar-refractivity contribution in [3.63, 3.8) is 0 Å². The number of ketones is 2. The monoisotopic (exact) mass is 529 g/mol. The lowest BCUT2D eigenvalue weighted by atomic mass is 9.58. The largest absolute Gasteiger partial charge is 0.508 e. The van der Waals surface area contributed by atoms with E-state index in [2.05, 4.69) is 0 Å². The van der Waals surface area contributed by atoms with Crippen molar-refractivity contribution in [1.29, 1.82) is 0 Å². The maximum absolute atomic E-state index is 13.6. The van der Waals surface area contributed by atoms with Crippen molar-refractivity contribution in [3.05, 3.63) is 70.0 Å². The Balaban J connectivity index is 1.40. The third-order valence-electron chi connectivity index (χ3n) is 8.57. The number of hydrogen-bond acceptors (Lipinski definition) is 7. The Morgan fingerprint density at radius 3 is 2.69 bits per heavy atom. The predicted octanol–water partition coefficient (Wildman–Crippen LogP) is 3.04. The van der Waals surface area contributed by atoms with Gasteiger partial charge in [-0.1, -0.05) is 11.6 Å². The maximum Gasteiger partial charge on any atom is 0.303 e. The average Bonchev–Trinajstić information content (AvgIpc) is 3.15. The van der Waals surface area contributed by atoms with Gasteiger partial charge in [-0.05, 0) is 62.0 Å². The summed E-state index contributed by atoms with van der Waals surface area (Å²) in [5, 5.41) is 19.0. The molecular weight excluding hydrogens is 502 g/mol. The predicted molar refractivity (Wildman–Crippen MR) is 136 cm³/mol. The molecule has 0 saturated carbocycles. The van der Waals surface area contributed by atoms with Gasteiger partial charge in [0.25, 0.3) is 0 Å². The molecule has 39 heavy (non-hydrogen) atoms. The lowest BCUT2D eigenvalue weighted by Crippen LogP contribution is -2.41. The van der Waals surface area contributed by atoms with Crippen LogP contribution in [0, 0.1) is 23.7 Å². The van der Waals surface area contributed by atoms with E-state index in [1.54, 1.807) is 25.3 Å². The van der Waals surface area contributed by atoms with Crippen LogP contribution in [0.3, 0.4) is 0 Å². The summed E-state index contributed by atoms with van der Waals surface area (Å²) in [5.41, 5.74) is 3.41. The highest BCUT2D eigenvalue weighted by Crippen LogP contribution is 2.54. The number of carboxylic acid groups (broad SMARTS) is 1. The summed E-state index contributed by atoms with van der Waals surface area (Å²) in [5.74, 6) is -3.79. The van der Waals surface area contributed by atoms with Crippen LogP contribution < -0.4 is 4.74 Å². The van der Waals surface area contributed by atoms with E-state index in [0.29, 0.717) is 35.3 Å². The van der Waals surface area contributed by atoms with Crippen molar-refractivity contribution in [3.8, 4) is 11.5 Å². The molecule has 2 heterocycles. The molecule has 2 amide bonds. The molecule has 6 rings (SSSR count). The van der Waals surface area contributed by atoms with E-state index in [1.165, 1.54) is 17.0 Å². The fourth-order valence-electron chi connectivity index (χ4n) is 6.87. The third kappa shape index (κ3) is 3.95. The number of amides is 2. The molecule has 9 heteroatoms. The van der Waals surface area contributed by atoms with Gasteiger partial charge in [0.05, 0.1) is 18.1 Å². The van der Waals surface area contributed by atoms with Crippen LogP contribution in [0.2, 0.25) is 0 Å². The number of benzene rings is 1. The number of ether oxygens (including phenoxy) is 1. The van der Waals surface area contributed by atoms with Gasteiger partial charge >= 0.3 is 5.97 Å². The quantitative estimate of drug-likeness (QED) is 0.337. The number of Topliss-reactive ketones (excluding diaryl/α,β-unsaturated/α-hetero) is 1. The van der Waals surface area contributed by atoms with E-state index in [0.717, 1.165) is 16.7 Å². The van der Waals surface area contributed by atoms with Crippen LogP contribution in [0.1, 0.15) is 38.2 Å². The average molecular weight is 530 g/mol. The normalized spacial score (nSPS) is 27.6. The van der Waals surface area contributed by atoms with Gasteiger partial charge in [-0.3, -0.25) is 28.9 Å². The van der Waals surface area contributed by atoms with Gasteiger partial charge in [-0.2, -0.15) is 0 Å². The molecule has 2 aliphatic heterocycles. The van der Waals surface area contributed by atoms with Crippen molar-refractivity contribution in [2.45, 2.75) is 39.0 Å². The van der Waals surface area contributed by atoms with Crippen LogP contribution in [0.5, 0.6) is 11.5 Å². The number of phenols is 1. The number of carbonyl (C=O) groups excluding carboxylic acids is 4. The topological polar surface area (TPSA) is 138 Å². The Bertz CT molecular complexity index is 1490. The van der Waals surface area contributed by atoms with Gasteiger partial charge in [-0.15, -0.1) is 0 Å². The SMILES string of the molecule is CC1=CC(=O)C2=C(C[C@@H]3C(=CC[C@@H]4C(=O)N(CCCC(=O)O)C(=O)[C@@H]43)[C@@H]2C2=COc3ccc(O)cc3C2)C1=O. The molecule has 1 aromatic rings. The van der Waals surface area contributed by atoms with E-state index in [-0.39, 0.29) is 54.9 Å². The Morgan fingerprint density at radius 2 is 1.92 bits per heavy atom. The minimum absolute atomic E-state index is 0.0366. The summed E-state index contributed by atoms with van der Waals surface area (Å²) in [6, 6.07) is 4.80. The Morgan fingerprint density at radius 1 is 1.13 bits per heavy atom. The van der Waals surface area contributed by atoms with E-state index in [1.807, 2.05) is 6.08 Å². The summed E-state index contributed by atoms with van der Waals surface area (Å²) in [7, 11) is 0. The molecule has 4 atom stereocenters. The molecule has 0 radical (unpaired) electrons. The molecule has 1 saturated heterocycles. The van der Waals surface area contributed by atoms with Gasteiger partial charge < -0.3 is 14.9 Å². The van der Waals surface area contributed by atoms with Crippen molar-refractivity contribution >= 4 is 29.4 Å². The third-order valence-corrected chi connectivity index (χ3v) is 8.57. The van der Waals surface area contributed by atoms with Crippen LogP contribution in [-0.2, 0) is 30.4 Å². The fourth-order valence-corrected chi connectivity index (χ4v) is 6.87. The summed E-state index contributed by atoms with van der Waals surface area (Å²) in [6.07, 6.45) is 5.79. The van der Waals surface area contributed by atoms with Crippen molar-refractivity contribution in [2.24, 2.45) is 23.7 Å². The van der Waals surface area contributed by atoms with Gasteiger partial charge in [0.15, 0.2) is 11.6 Å². The number of hydrogen-bond donors (Lipinski definition) is 2. The Kier molecular flexibility index (Phi) is 5.89. The zero-order valence-corrected chi connectivity index (χ0v) is 21.3. The van der Waals surface area contributed by atoms with Crippen LogP contribution in [-0.4, -0.2) is 51.0 Å². The number of allylic oxidation sites excluding steroid dienone is 7. The first-order valence-corrected chi connectivity index (χ1v) is 13.1. The first-order chi connectivity index (χ1) is 18.7. The molecule has 0 aromatic heterocycles. The van der Waals surface area contributed by atoms with Crippen molar-refractivity contribution < 1.29 is 38.9 Å². The highest BCUT2D eigenvalue weighted by atomic mass is 16.5. The second kappa shape index (κ2) is 9.18. The smallest absolute Gasteiger partial charge is 0.303 e. The maximum atomic E-state index is 13.6. The van der Waals surface area contributed by atoms with Gasteiger partial charge in [0.1, 0.15) is 11.5 Å². The van der Waals surface area contributed by atoms with Crippen LogP contribution >= 0.6 is 0 Å². The zero-order valence-electron chi connectivity index (χ0n) is 21.3. The van der Waals surface area contributed by atoms with Crippen molar-refractivity contribution in [1.82, 2.24) is 4.90 Å². The van der Waals surface area contributed by atoms with Crippen LogP contribution in [0.25, 0.3) is 0 Å². The number of carbonyl (C=O) groups is 5. The molecule has 0 bridgehead atoms. The molecular formula is C30H27NO8.